The number of hydrogen-bond donors (Lipinski definition) is 0. The van der Waals surface area contributed by atoms with E-state index in [1.807, 2.05) is 0 Å². The van der Waals surface area contributed by atoms with Gasteiger partial charge in [-0.2, -0.15) is 0 Å². The van der Waals surface area contributed by atoms with Gasteiger partial charge >= 0.3 is 0 Å². The minimum atomic E-state index is 0.0491. The molecule has 0 saturated heterocycles. The van der Waals surface area contributed by atoms with Gasteiger partial charge in [0, 0.05) is 27.5 Å². The zero-order valence-electron chi connectivity index (χ0n) is 38.4. The van der Waals surface area contributed by atoms with E-state index in [4.69, 9.17) is 9.97 Å². The van der Waals surface area contributed by atoms with Gasteiger partial charge < -0.3 is 0 Å². The van der Waals surface area contributed by atoms with Crippen LogP contribution in [0.25, 0.3) is 100.0 Å². The Morgan fingerprint density at radius 1 is 0.279 bits per heavy atom. The van der Waals surface area contributed by atoms with Crippen molar-refractivity contribution in [3.63, 3.8) is 0 Å². The molecule has 0 unspecified atom stereocenters. The van der Waals surface area contributed by atoms with E-state index in [0.29, 0.717) is 0 Å². The predicted molar refractivity (Wildman–Crippen MR) is 283 cm³/mol. The third-order valence-corrected chi connectivity index (χ3v) is 16.7. The fraction of sp³-hybridized carbons (Fsp3) is 0.182. The van der Waals surface area contributed by atoms with Gasteiger partial charge in [0.25, 0.3) is 0 Å². The predicted octanol–water partition coefficient (Wildman–Crippen LogP) is 17.6. The molecule has 0 atom stereocenters. The summed E-state index contributed by atoms with van der Waals surface area (Å²) >= 11 is 0. The van der Waals surface area contributed by atoms with E-state index < -0.39 is 0 Å². The molecule has 68 heavy (non-hydrogen) atoms. The minimum Gasteiger partial charge on any atom is -0.228 e. The molecule has 0 radical (unpaired) electrons. The summed E-state index contributed by atoms with van der Waals surface area (Å²) in [6.07, 6.45) is 12.5. The van der Waals surface area contributed by atoms with Crippen LogP contribution in [0.3, 0.4) is 0 Å². The monoisotopic (exact) mass is 872 g/mol. The molecule has 0 bridgehead atoms. The fourth-order valence-electron chi connectivity index (χ4n) is 13.6. The highest BCUT2D eigenvalue weighted by molar-refractivity contribution is 6.22. The Hall–Kier alpha value is -7.42. The van der Waals surface area contributed by atoms with Gasteiger partial charge in [-0.15, -0.1) is 0 Å². The second-order valence-electron chi connectivity index (χ2n) is 20.1. The van der Waals surface area contributed by atoms with Crippen LogP contribution in [0, 0.1) is 0 Å². The second-order valence-corrected chi connectivity index (χ2v) is 20.1. The summed E-state index contributed by atoms with van der Waals surface area (Å²) in [5, 5.41) is 5.06. The summed E-state index contributed by atoms with van der Waals surface area (Å²) in [5.74, 6) is 0.730. The summed E-state index contributed by atoms with van der Waals surface area (Å²) in [6.45, 7) is 0. The average molecular weight is 873 g/mol. The fourth-order valence-corrected chi connectivity index (χ4v) is 13.6. The molecule has 2 spiro atoms. The van der Waals surface area contributed by atoms with Crippen molar-refractivity contribution in [3.05, 3.63) is 216 Å². The summed E-state index contributed by atoms with van der Waals surface area (Å²) < 4.78 is 0. The summed E-state index contributed by atoms with van der Waals surface area (Å²) in [5.41, 5.74) is 22.0. The van der Waals surface area contributed by atoms with Crippen LogP contribution in [0.2, 0.25) is 0 Å². The van der Waals surface area contributed by atoms with Gasteiger partial charge in [0.2, 0.25) is 0 Å². The van der Waals surface area contributed by atoms with Gasteiger partial charge in [-0.1, -0.05) is 208 Å². The molecule has 2 saturated carbocycles. The summed E-state index contributed by atoms with van der Waals surface area (Å²) in [6, 6.07) is 73.1. The lowest BCUT2D eigenvalue weighted by Gasteiger charge is -2.36. The van der Waals surface area contributed by atoms with E-state index in [1.165, 1.54) is 153 Å². The Morgan fingerprint density at radius 2 is 0.691 bits per heavy atom. The molecule has 2 heteroatoms. The third kappa shape index (κ3) is 5.96. The van der Waals surface area contributed by atoms with Crippen LogP contribution < -0.4 is 0 Å². The van der Waals surface area contributed by atoms with Crippen LogP contribution >= 0.6 is 0 Å². The lowest BCUT2D eigenvalue weighted by molar-refractivity contribution is 0.353. The Morgan fingerprint density at radius 3 is 1.21 bits per heavy atom. The molecule has 14 rings (SSSR count). The Labute approximate surface area is 399 Å². The maximum atomic E-state index is 5.37. The number of fused-ring (bicyclic) bond motifs is 12. The number of hydrogen-bond acceptors (Lipinski definition) is 2. The van der Waals surface area contributed by atoms with Gasteiger partial charge in [-0.25, -0.2) is 9.97 Å². The first-order valence-corrected chi connectivity index (χ1v) is 25.2. The molecule has 4 aliphatic rings. The van der Waals surface area contributed by atoms with Crippen LogP contribution in [0.15, 0.2) is 194 Å². The highest BCUT2D eigenvalue weighted by atomic mass is 14.9. The third-order valence-electron chi connectivity index (χ3n) is 16.7. The highest BCUT2D eigenvalue weighted by Crippen LogP contribution is 2.59. The van der Waals surface area contributed by atoms with E-state index >= 15 is 0 Å². The Balaban J connectivity index is 1.04. The lowest BCUT2D eigenvalue weighted by atomic mass is 9.67. The molecule has 10 aromatic rings. The first-order valence-electron chi connectivity index (χ1n) is 25.2. The number of nitrogens with zero attached hydrogens (tertiary/aromatic N) is 2. The van der Waals surface area contributed by atoms with Gasteiger partial charge in [-0.3, -0.25) is 0 Å². The zero-order valence-corrected chi connectivity index (χ0v) is 38.4. The Kier molecular flexibility index (Phi) is 9.10. The normalized spacial score (nSPS) is 16.2. The van der Waals surface area contributed by atoms with E-state index in [-0.39, 0.29) is 10.8 Å². The van der Waals surface area contributed by atoms with Crippen molar-refractivity contribution in [2.24, 2.45) is 0 Å². The first kappa shape index (κ1) is 39.7. The molecule has 2 nitrogen and oxygen atoms in total. The molecule has 1 heterocycles. The van der Waals surface area contributed by atoms with Crippen LogP contribution in [0.4, 0.5) is 0 Å². The molecule has 2 fully saturated rings. The Bertz CT molecular complexity index is 3570. The van der Waals surface area contributed by atoms with Gasteiger partial charge in [0.1, 0.15) is 0 Å². The van der Waals surface area contributed by atoms with Gasteiger partial charge in [0.15, 0.2) is 5.82 Å². The summed E-state index contributed by atoms with van der Waals surface area (Å²) in [7, 11) is 0. The largest absolute Gasteiger partial charge is 0.228 e. The van der Waals surface area contributed by atoms with E-state index in [9.17, 15) is 0 Å². The van der Waals surface area contributed by atoms with Crippen molar-refractivity contribution in [1.82, 2.24) is 9.97 Å². The topological polar surface area (TPSA) is 25.8 Å². The van der Waals surface area contributed by atoms with E-state index in [0.717, 1.165) is 33.9 Å². The van der Waals surface area contributed by atoms with Crippen molar-refractivity contribution < 1.29 is 0 Å². The number of aromatic nitrogens is 2. The molecule has 4 aliphatic carbocycles. The van der Waals surface area contributed by atoms with Crippen molar-refractivity contribution in [2.75, 3.05) is 0 Å². The molecule has 9 aromatic carbocycles. The van der Waals surface area contributed by atoms with Gasteiger partial charge in [-0.05, 0) is 138 Å². The lowest BCUT2D eigenvalue weighted by Crippen LogP contribution is -2.28. The van der Waals surface area contributed by atoms with Crippen LogP contribution in [-0.4, -0.2) is 9.97 Å². The van der Waals surface area contributed by atoms with Crippen LogP contribution in [0.1, 0.15) is 86.5 Å². The van der Waals surface area contributed by atoms with Gasteiger partial charge in [0.05, 0.1) is 11.4 Å². The van der Waals surface area contributed by atoms with Crippen molar-refractivity contribution in [3.8, 4) is 78.4 Å². The molecule has 326 valence electrons. The first-order chi connectivity index (χ1) is 33.7. The maximum Gasteiger partial charge on any atom is 0.160 e. The number of rotatable bonds is 5. The molecule has 0 N–H and O–H groups in total. The molecule has 0 amide bonds. The van der Waals surface area contributed by atoms with E-state index in [2.05, 4.69) is 194 Å². The van der Waals surface area contributed by atoms with Crippen molar-refractivity contribution in [2.45, 2.75) is 75.0 Å². The number of benzene rings is 9. The molecular formula is C66H52N2. The minimum absolute atomic E-state index is 0.0491. The van der Waals surface area contributed by atoms with Crippen molar-refractivity contribution >= 4 is 21.5 Å². The maximum absolute atomic E-state index is 5.37. The smallest absolute Gasteiger partial charge is 0.160 e. The standard InChI is InChI=1S/C66H52N2/c1-5-19-43(20-6-1)60-42-61(44-21-7-2-8-22-44)68-64(67-60)47-31-34-54-55(39-47)63(46-30-33-51-49-24-12-14-28-57(49)66(59(51)41-46)37-17-4-18-38-66)53-26-10-9-25-52(53)62(54)45-29-32-50-48-23-11-13-27-56(48)65(58(50)40-45)35-15-3-16-36-65/h1-2,5-14,19-34,39-42H,3-4,15-18,35-38H2. The average Bonchev–Trinajstić information content (AvgIpc) is 3.83. The molecule has 0 aliphatic heterocycles. The van der Waals surface area contributed by atoms with Crippen molar-refractivity contribution in [1.29, 1.82) is 0 Å². The SMILES string of the molecule is c1ccc(-c2cc(-c3ccccc3)nc(-c3ccc4c(-c5ccc6c(c5)C5(CCCCC5)c5ccccc5-6)c5ccccc5c(-c5ccc6c(c5)C5(CCCCC5)c5ccccc5-6)c4c3)n2)cc1. The van der Waals surface area contributed by atoms with Crippen LogP contribution in [-0.2, 0) is 10.8 Å². The molecule has 1 aromatic heterocycles. The zero-order chi connectivity index (χ0) is 44.8. The quantitative estimate of drug-likeness (QED) is 0.161. The highest BCUT2D eigenvalue weighted by Gasteiger charge is 2.45. The second kappa shape index (κ2) is 15.6. The summed E-state index contributed by atoms with van der Waals surface area (Å²) in [4.78, 5) is 10.7. The van der Waals surface area contributed by atoms with Crippen LogP contribution in [0.5, 0.6) is 0 Å². The van der Waals surface area contributed by atoms with E-state index in [1.54, 1.807) is 0 Å². The molecular weight excluding hydrogens is 821 g/mol.